The normalized spacial score (nSPS) is 17.4. The van der Waals surface area contributed by atoms with Crippen LogP contribution in [0.2, 0.25) is 0 Å². The van der Waals surface area contributed by atoms with Gasteiger partial charge >= 0.3 is 0 Å². The van der Waals surface area contributed by atoms with E-state index in [-0.39, 0.29) is 30.4 Å². The van der Waals surface area contributed by atoms with Crippen molar-refractivity contribution in [3.05, 3.63) is 65.9 Å². The number of nitrogens with zero attached hydrogens (tertiary/aromatic N) is 3. The Bertz CT molecular complexity index is 1190. The van der Waals surface area contributed by atoms with Crippen molar-refractivity contribution < 1.29 is 14.3 Å². The summed E-state index contributed by atoms with van der Waals surface area (Å²) in [5.74, 6) is 0.279. The minimum atomic E-state index is -0.258. The standard InChI is InChI=1S/C28H32N4O3/c1-19-5-9-21(10-6-19)25-17-32(23-13-7-20(2)8-14-23)28(29-25)30-26(33)18-31(27(34)22-11-12-22)16-24-4-3-15-35-24/h5-10,13-14,17,22,24H,3-4,11-12,15-16,18H2,1-2H3,(H,29,30,33). The van der Waals surface area contributed by atoms with E-state index in [1.807, 2.05) is 73.1 Å². The second kappa shape index (κ2) is 10.0. The van der Waals surface area contributed by atoms with Crippen LogP contribution in [0.5, 0.6) is 0 Å². The quantitative estimate of drug-likeness (QED) is 0.523. The topological polar surface area (TPSA) is 76.5 Å². The zero-order chi connectivity index (χ0) is 24.4. The molecule has 7 nitrogen and oxygen atoms in total. The lowest BCUT2D eigenvalue weighted by Crippen LogP contribution is -2.43. The lowest BCUT2D eigenvalue weighted by molar-refractivity contribution is -0.137. The number of hydrogen-bond acceptors (Lipinski definition) is 4. The van der Waals surface area contributed by atoms with Crippen LogP contribution >= 0.6 is 0 Å². The first-order valence-corrected chi connectivity index (χ1v) is 12.4. The molecule has 7 heteroatoms. The van der Waals surface area contributed by atoms with Gasteiger partial charge in [0.1, 0.15) is 6.54 Å². The maximum atomic E-state index is 13.2. The zero-order valence-electron chi connectivity index (χ0n) is 20.4. The van der Waals surface area contributed by atoms with Crippen LogP contribution in [-0.2, 0) is 14.3 Å². The first-order valence-electron chi connectivity index (χ1n) is 12.4. The number of anilines is 1. The Morgan fingerprint density at radius 1 is 1.03 bits per heavy atom. The Balaban J connectivity index is 1.38. The van der Waals surface area contributed by atoms with Gasteiger partial charge in [0.25, 0.3) is 0 Å². The number of carbonyl (C=O) groups is 2. The fourth-order valence-electron chi connectivity index (χ4n) is 4.43. The highest BCUT2D eigenvalue weighted by Crippen LogP contribution is 2.31. The van der Waals surface area contributed by atoms with E-state index in [9.17, 15) is 9.59 Å². The van der Waals surface area contributed by atoms with E-state index in [2.05, 4.69) is 5.32 Å². The molecule has 1 unspecified atom stereocenters. The van der Waals surface area contributed by atoms with Gasteiger partial charge in [-0.3, -0.25) is 19.5 Å². The first-order chi connectivity index (χ1) is 17.0. The molecule has 3 aromatic rings. The number of hydrogen-bond donors (Lipinski definition) is 1. The second-order valence-electron chi connectivity index (χ2n) is 9.70. The number of benzene rings is 2. The maximum absolute atomic E-state index is 13.2. The molecule has 35 heavy (non-hydrogen) atoms. The maximum Gasteiger partial charge on any atom is 0.246 e. The molecule has 2 fully saturated rings. The third kappa shape index (κ3) is 5.62. The summed E-state index contributed by atoms with van der Waals surface area (Å²) in [6.45, 7) is 5.26. The minimum Gasteiger partial charge on any atom is -0.376 e. The van der Waals surface area contributed by atoms with E-state index in [0.29, 0.717) is 12.5 Å². The Morgan fingerprint density at radius 2 is 1.71 bits per heavy atom. The van der Waals surface area contributed by atoms with E-state index in [0.717, 1.165) is 54.8 Å². The minimum absolute atomic E-state index is 0.00415. The molecule has 0 spiro atoms. The largest absolute Gasteiger partial charge is 0.376 e. The second-order valence-corrected chi connectivity index (χ2v) is 9.70. The van der Waals surface area contributed by atoms with Gasteiger partial charge in [0.05, 0.1) is 11.8 Å². The lowest BCUT2D eigenvalue weighted by Gasteiger charge is -2.25. The molecule has 0 bridgehead atoms. The van der Waals surface area contributed by atoms with Crippen molar-refractivity contribution in [2.45, 2.75) is 45.6 Å². The number of aryl methyl sites for hydroxylation is 2. The lowest BCUT2D eigenvalue weighted by atomic mass is 10.1. The summed E-state index contributed by atoms with van der Waals surface area (Å²) in [7, 11) is 0. The van der Waals surface area contributed by atoms with Crippen LogP contribution in [0.25, 0.3) is 16.9 Å². The van der Waals surface area contributed by atoms with Crippen molar-refractivity contribution in [3.8, 4) is 16.9 Å². The van der Waals surface area contributed by atoms with Crippen LogP contribution in [0.15, 0.2) is 54.7 Å². The Morgan fingerprint density at radius 3 is 2.34 bits per heavy atom. The summed E-state index contributed by atoms with van der Waals surface area (Å²) in [5, 5.41) is 2.97. The molecule has 5 rings (SSSR count). The highest BCUT2D eigenvalue weighted by atomic mass is 16.5. The molecule has 1 aliphatic carbocycles. The zero-order valence-corrected chi connectivity index (χ0v) is 20.4. The number of amides is 2. The summed E-state index contributed by atoms with van der Waals surface area (Å²) in [4.78, 5) is 32.5. The van der Waals surface area contributed by atoms with Gasteiger partial charge in [-0.25, -0.2) is 4.98 Å². The molecule has 182 valence electrons. The molecule has 1 saturated carbocycles. The number of ether oxygens (including phenoxy) is 1. The van der Waals surface area contributed by atoms with Crippen LogP contribution in [0.3, 0.4) is 0 Å². The number of aromatic nitrogens is 2. The average molecular weight is 473 g/mol. The van der Waals surface area contributed by atoms with E-state index in [1.54, 1.807) is 4.90 Å². The fourth-order valence-corrected chi connectivity index (χ4v) is 4.43. The number of imidazole rings is 1. The van der Waals surface area contributed by atoms with Crippen LogP contribution in [0, 0.1) is 19.8 Å². The van der Waals surface area contributed by atoms with E-state index in [1.165, 1.54) is 5.56 Å². The summed E-state index contributed by atoms with van der Waals surface area (Å²) >= 11 is 0. The Hall–Kier alpha value is -3.45. The summed E-state index contributed by atoms with van der Waals surface area (Å²) in [6, 6.07) is 16.2. The molecule has 2 heterocycles. The molecule has 2 aliphatic rings. The molecule has 1 atom stereocenters. The predicted octanol–water partition coefficient (Wildman–Crippen LogP) is 4.51. The van der Waals surface area contributed by atoms with Gasteiger partial charge in [0.15, 0.2) is 0 Å². The van der Waals surface area contributed by atoms with Gasteiger partial charge in [0.2, 0.25) is 17.8 Å². The number of carbonyl (C=O) groups excluding carboxylic acids is 2. The molecule has 2 aromatic carbocycles. The smallest absolute Gasteiger partial charge is 0.246 e. The van der Waals surface area contributed by atoms with Gasteiger partial charge in [-0.05, 0) is 51.7 Å². The molecule has 1 aromatic heterocycles. The molecule has 1 N–H and O–H groups in total. The van der Waals surface area contributed by atoms with Gasteiger partial charge in [-0.1, -0.05) is 47.5 Å². The first kappa shape index (κ1) is 23.3. The van der Waals surface area contributed by atoms with E-state index < -0.39 is 0 Å². The highest BCUT2D eigenvalue weighted by molar-refractivity contribution is 5.94. The van der Waals surface area contributed by atoms with Crippen molar-refractivity contribution in [2.75, 3.05) is 25.0 Å². The summed E-state index contributed by atoms with van der Waals surface area (Å²) in [6.07, 6.45) is 5.67. The molecule has 2 amide bonds. The average Bonchev–Trinajstić information content (AvgIpc) is 3.42. The van der Waals surface area contributed by atoms with Gasteiger partial charge < -0.3 is 9.64 Å². The van der Waals surface area contributed by atoms with Crippen molar-refractivity contribution in [1.29, 1.82) is 0 Å². The highest BCUT2D eigenvalue weighted by Gasteiger charge is 2.35. The van der Waals surface area contributed by atoms with E-state index >= 15 is 0 Å². The van der Waals surface area contributed by atoms with Crippen LogP contribution in [0.4, 0.5) is 5.95 Å². The molecular weight excluding hydrogens is 440 g/mol. The van der Waals surface area contributed by atoms with Gasteiger partial charge in [0, 0.05) is 36.5 Å². The molecule has 1 saturated heterocycles. The van der Waals surface area contributed by atoms with Gasteiger partial charge in [-0.2, -0.15) is 0 Å². The van der Waals surface area contributed by atoms with Crippen molar-refractivity contribution >= 4 is 17.8 Å². The van der Waals surface area contributed by atoms with E-state index in [4.69, 9.17) is 9.72 Å². The van der Waals surface area contributed by atoms with Crippen LogP contribution < -0.4 is 5.32 Å². The van der Waals surface area contributed by atoms with Crippen molar-refractivity contribution in [3.63, 3.8) is 0 Å². The fraction of sp³-hybridized carbons (Fsp3) is 0.393. The van der Waals surface area contributed by atoms with Crippen molar-refractivity contribution in [2.24, 2.45) is 5.92 Å². The van der Waals surface area contributed by atoms with Crippen LogP contribution in [-0.4, -0.2) is 52.1 Å². The third-order valence-corrected chi connectivity index (χ3v) is 6.64. The molecule has 0 radical (unpaired) electrons. The Labute approximate surface area is 206 Å². The molecule has 1 aliphatic heterocycles. The summed E-state index contributed by atoms with van der Waals surface area (Å²) in [5.41, 5.74) is 4.97. The van der Waals surface area contributed by atoms with Crippen molar-refractivity contribution in [1.82, 2.24) is 14.5 Å². The van der Waals surface area contributed by atoms with Gasteiger partial charge in [-0.15, -0.1) is 0 Å². The predicted molar refractivity (Wildman–Crippen MR) is 135 cm³/mol. The Kier molecular flexibility index (Phi) is 6.68. The number of nitrogens with one attached hydrogen (secondary N) is 1. The number of rotatable bonds is 8. The summed E-state index contributed by atoms with van der Waals surface area (Å²) < 4.78 is 7.63. The SMILES string of the molecule is Cc1ccc(-c2cn(-c3ccc(C)cc3)c(NC(=O)CN(CC3CCCO3)C(=O)C3CC3)n2)cc1. The monoisotopic (exact) mass is 472 g/mol. The van der Waals surface area contributed by atoms with Crippen LogP contribution in [0.1, 0.15) is 36.8 Å². The third-order valence-electron chi connectivity index (χ3n) is 6.64. The molecular formula is C28H32N4O3.